The van der Waals surface area contributed by atoms with Gasteiger partial charge >= 0.3 is 0 Å². The number of nitrogens with two attached hydrogens (primary N) is 1. The van der Waals surface area contributed by atoms with Crippen molar-refractivity contribution in [2.45, 2.75) is 31.3 Å². The molecular formula is C14H22N2O4. The van der Waals surface area contributed by atoms with Crippen molar-refractivity contribution in [3.8, 4) is 5.75 Å². The second-order valence-electron chi connectivity index (χ2n) is 4.92. The monoisotopic (exact) mass is 282 g/mol. The Bertz CT molecular complexity index is 421. The molecule has 0 spiro atoms. The molecule has 0 saturated carbocycles. The first-order chi connectivity index (χ1) is 9.46. The summed E-state index contributed by atoms with van der Waals surface area (Å²) in [5.74, 6) is -0.277. The molecule has 1 aromatic rings. The fraction of sp³-hybridized carbons (Fsp3) is 0.500. The van der Waals surface area contributed by atoms with E-state index >= 15 is 0 Å². The highest BCUT2D eigenvalue weighted by atomic mass is 16.3. The van der Waals surface area contributed by atoms with Crippen molar-refractivity contribution in [1.29, 1.82) is 0 Å². The quantitative estimate of drug-likeness (QED) is 0.463. The highest BCUT2D eigenvalue weighted by Crippen LogP contribution is 2.12. The Hall–Kier alpha value is -1.63. The number of benzene rings is 1. The molecule has 6 heteroatoms. The molecule has 0 heterocycles. The molecule has 1 amide bonds. The van der Waals surface area contributed by atoms with Gasteiger partial charge in [-0.3, -0.25) is 4.79 Å². The number of nitrogens with one attached hydrogen (secondary N) is 1. The maximum absolute atomic E-state index is 12.0. The van der Waals surface area contributed by atoms with Gasteiger partial charge in [-0.25, -0.2) is 0 Å². The lowest BCUT2D eigenvalue weighted by atomic mass is 9.97. The molecule has 0 aliphatic carbocycles. The number of aliphatic hydroxyl groups is 2. The molecule has 0 aliphatic rings. The second kappa shape index (κ2) is 7.23. The van der Waals surface area contributed by atoms with E-state index in [-0.39, 0.29) is 19.0 Å². The lowest BCUT2D eigenvalue weighted by Gasteiger charge is -2.31. The Kier molecular flexibility index (Phi) is 5.94. The van der Waals surface area contributed by atoms with Gasteiger partial charge in [-0.15, -0.1) is 0 Å². The van der Waals surface area contributed by atoms with Crippen LogP contribution >= 0.6 is 0 Å². The molecule has 6 N–H and O–H groups in total. The number of phenols is 1. The van der Waals surface area contributed by atoms with Gasteiger partial charge in [0.15, 0.2) is 0 Å². The van der Waals surface area contributed by atoms with Crippen LogP contribution in [0.1, 0.15) is 18.9 Å². The van der Waals surface area contributed by atoms with Gasteiger partial charge < -0.3 is 26.4 Å². The van der Waals surface area contributed by atoms with Crippen molar-refractivity contribution < 1.29 is 20.1 Å². The molecule has 1 atom stereocenters. The van der Waals surface area contributed by atoms with E-state index in [0.717, 1.165) is 5.56 Å². The summed E-state index contributed by atoms with van der Waals surface area (Å²) in [5, 5.41) is 30.3. The van der Waals surface area contributed by atoms with E-state index in [1.807, 2.05) is 0 Å². The van der Waals surface area contributed by atoms with Crippen LogP contribution in [0.2, 0.25) is 0 Å². The highest BCUT2D eigenvalue weighted by Gasteiger charge is 2.30. The maximum Gasteiger partial charge on any atom is 0.237 e. The van der Waals surface area contributed by atoms with E-state index < -0.39 is 17.5 Å². The van der Waals surface area contributed by atoms with Gasteiger partial charge in [-0.2, -0.15) is 0 Å². The predicted octanol–water partition coefficient (Wildman–Crippen LogP) is -0.488. The average Bonchev–Trinajstić information content (AvgIpc) is 2.47. The molecule has 1 rings (SSSR count). The van der Waals surface area contributed by atoms with Crippen LogP contribution in [0.15, 0.2) is 24.3 Å². The Labute approximate surface area is 118 Å². The highest BCUT2D eigenvalue weighted by molar-refractivity contribution is 5.82. The van der Waals surface area contributed by atoms with E-state index in [2.05, 4.69) is 5.32 Å². The SMILES string of the molecule is CCC(CO)(CO)NC(=O)[C@@H](N)Cc1ccc(O)cc1. The molecule has 0 unspecified atom stereocenters. The van der Waals surface area contributed by atoms with Crippen LogP contribution < -0.4 is 11.1 Å². The summed E-state index contributed by atoms with van der Waals surface area (Å²) in [5.41, 5.74) is 5.60. The van der Waals surface area contributed by atoms with E-state index in [0.29, 0.717) is 12.8 Å². The number of hydrogen-bond acceptors (Lipinski definition) is 5. The minimum Gasteiger partial charge on any atom is -0.508 e. The number of hydrogen-bond donors (Lipinski definition) is 5. The van der Waals surface area contributed by atoms with Gasteiger partial charge in [0.1, 0.15) is 5.75 Å². The van der Waals surface area contributed by atoms with Crippen LogP contribution in [0.5, 0.6) is 5.75 Å². The lowest BCUT2D eigenvalue weighted by Crippen LogP contribution is -2.58. The zero-order valence-corrected chi connectivity index (χ0v) is 11.5. The van der Waals surface area contributed by atoms with Crippen LogP contribution in [0.25, 0.3) is 0 Å². The molecular weight excluding hydrogens is 260 g/mol. The Morgan fingerprint density at radius 3 is 2.30 bits per heavy atom. The van der Waals surface area contributed by atoms with Gasteiger partial charge in [0.05, 0.1) is 24.8 Å². The van der Waals surface area contributed by atoms with Crippen molar-refractivity contribution in [2.24, 2.45) is 5.73 Å². The van der Waals surface area contributed by atoms with E-state index in [1.165, 1.54) is 12.1 Å². The zero-order chi connectivity index (χ0) is 15.2. The third kappa shape index (κ3) is 4.19. The largest absolute Gasteiger partial charge is 0.508 e. The van der Waals surface area contributed by atoms with Gasteiger partial charge in [0, 0.05) is 0 Å². The van der Waals surface area contributed by atoms with E-state index in [4.69, 9.17) is 5.73 Å². The fourth-order valence-electron chi connectivity index (χ4n) is 1.77. The van der Waals surface area contributed by atoms with Gasteiger partial charge in [-0.05, 0) is 30.5 Å². The summed E-state index contributed by atoms with van der Waals surface area (Å²) < 4.78 is 0. The second-order valence-corrected chi connectivity index (χ2v) is 4.92. The number of phenolic OH excluding ortho intramolecular Hbond substituents is 1. The normalized spacial score (nSPS) is 13.0. The van der Waals surface area contributed by atoms with Crippen molar-refractivity contribution >= 4 is 5.91 Å². The first-order valence-electron chi connectivity index (χ1n) is 6.53. The van der Waals surface area contributed by atoms with Crippen molar-refractivity contribution in [2.75, 3.05) is 13.2 Å². The Balaban J connectivity index is 2.65. The first-order valence-corrected chi connectivity index (χ1v) is 6.53. The Morgan fingerprint density at radius 1 is 1.30 bits per heavy atom. The van der Waals surface area contributed by atoms with Crippen LogP contribution in [-0.2, 0) is 11.2 Å². The molecule has 0 aromatic heterocycles. The topological polar surface area (TPSA) is 116 Å². The van der Waals surface area contributed by atoms with E-state index in [1.54, 1.807) is 19.1 Å². The summed E-state index contributed by atoms with van der Waals surface area (Å²) in [6.07, 6.45) is 0.709. The molecule has 0 fully saturated rings. The number of aromatic hydroxyl groups is 1. The summed E-state index contributed by atoms with van der Waals surface area (Å²) in [6.45, 7) is 1.06. The molecule has 0 aliphatic heterocycles. The van der Waals surface area contributed by atoms with Crippen LogP contribution in [0.3, 0.4) is 0 Å². The number of amides is 1. The third-order valence-corrected chi connectivity index (χ3v) is 3.40. The minimum atomic E-state index is -1.04. The van der Waals surface area contributed by atoms with Crippen LogP contribution in [0.4, 0.5) is 0 Å². The third-order valence-electron chi connectivity index (χ3n) is 3.40. The molecule has 20 heavy (non-hydrogen) atoms. The molecule has 6 nitrogen and oxygen atoms in total. The summed E-state index contributed by atoms with van der Waals surface area (Å²) in [7, 11) is 0. The smallest absolute Gasteiger partial charge is 0.237 e. The molecule has 112 valence electrons. The number of carbonyl (C=O) groups excluding carboxylic acids is 1. The molecule has 0 radical (unpaired) electrons. The summed E-state index contributed by atoms with van der Waals surface area (Å²) >= 11 is 0. The maximum atomic E-state index is 12.0. The lowest BCUT2D eigenvalue weighted by molar-refractivity contribution is -0.125. The summed E-state index contributed by atoms with van der Waals surface area (Å²) in [6, 6.07) is 5.64. The number of carbonyl (C=O) groups is 1. The van der Waals surface area contributed by atoms with Crippen molar-refractivity contribution in [1.82, 2.24) is 5.32 Å². The molecule has 0 bridgehead atoms. The van der Waals surface area contributed by atoms with E-state index in [9.17, 15) is 20.1 Å². The van der Waals surface area contributed by atoms with Crippen molar-refractivity contribution in [3.05, 3.63) is 29.8 Å². The Morgan fingerprint density at radius 2 is 1.85 bits per heavy atom. The zero-order valence-electron chi connectivity index (χ0n) is 11.5. The van der Waals surface area contributed by atoms with Crippen molar-refractivity contribution in [3.63, 3.8) is 0 Å². The molecule has 1 aromatic carbocycles. The molecule has 0 saturated heterocycles. The fourth-order valence-corrected chi connectivity index (χ4v) is 1.77. The summed E-state index contributed by atoms with van der Waals surface area (Å²) in [4.78, 5) is 12.0. The van der Waals surface area contributed by atoms with Gasteiger partial charge in [-0.1, -0.05) is 19.1 Å². The standard InChI is InChI=1S/C14H22N2O4/c1-2-14(8-17,9-18)16-13(20)12(15)7-10-3-5-11(19)6-4-10/h3-6,12,17-19H,2,7-9,15H2,1H3,(H,16,20)/t12-/m0/s1. The minimum absolute atomic E-state index is 0.150. The van der Waals surface area contributed by atoms with Crippen LogP contribution in [-0.4, -0.2) is 46.0 Å². The number of rotatable bonds is 7. The number of aliphatic hydroxyl groups excluding tert-OH is 2. The first kappa shape index (κ1) is 16.4. The van der Waals surface area contributed by atoms with Gasteiger partial charge in [0.2, 0.25) is 5.91 Å². The predicted molar refractivity (Wildman–Crippen MR) is 75.1 cm³/mol. The average molecular weight is 282 g/mol. The van der Waals surface area contributed by atoms with Crippen LogP contribution in [0, 0.1) is 0 Å². The van der Waals surface area contributed by atoms with Gasteiger partial charge in [0.25, 0.3) is 0 Å².